The zero-order valence-electron chi connectivity index (χ0n) is 64.0. The second-order valence-electron chi connectivity index (χ2n) is 30.7. The van der Waals surface area contributed by atoms with Crippen molar-refractivity contribution in [2.75, 3.05) is 42.1 Å². The monoisotopic (exact) mass is 1430 g/mol. The molecule has 8 N–H and O–H groups in total. The maximum atomic E-state index is 14.3. The van der Waals surface area contributed by atoms with Crippen molar-refractivity contribution in [3.05, 3.63) is 70.6 Å². The first kappa shape index (κ1) is 87.1. The Kier molecular flexibility index (Phi) is 33.7. The molecule has 27 atom stereocenters. The van der Waals surface area contributed by atoms with E-state index >= 15 is 0 Å². The Morgan fingerprint density at radius 2 is 1.38 bits per heavy atom. The number of cyclic esters (lactones) is 2. The van der Waals surface area contributed by atoms with Gasteiger partial charge < -0.3 is 88.4 Å². The number of piperidine rings is 1. The fourth-order valence-corrected chi connectivity index (χ4v) is 15.8. The summed E-state index contributed by atoms with van der Waals surface area (Å²) >= 11 is 0. The van der Waals surface area contributed by atoms with Crippen LogP contribution >= 0.6 is 0 Å². The van der Waals surface area contributed by atoms with E-state index in [0.29, 0.717) is 56.1 Å². The molecule has 0 aromatic rings. The van der Waals surface area contributed by atoms with E-state index in [-0.39, 0.29) is 85.9 Å². The molecule has 1 saturated carbocycles. The number of aliphatic hydroxyl groups is 8. The van der Waals surface area contributed by atoms with Crippen molar-refractivity contribution >= 4 is 29.4 Å². The average Bonchev–Trinajstić information content (AvgIpc) is 0.858. The van der Waals surface area contributed by atoms with Gasteiger partial charge in [-0.05, 0) is 133 Å². The fraction of sp³-hybridized carbons (Fsp3) is 0.782. The predicted octanol–water partition coefficient (Wildman–Crippen LogP) is 8.14. The van der Waals surface area contributed by atoms with Crippen LogP contribution in [0.2, 0.25) is 0 Å². The lowest BCUT2D eigenvalue weighted by Crippen LogP contribution is -2.64. The predicted molar refractivity (Wildman–Crippen MR) is 380 cm³/mol. The Morgan fingerprint density at radius 1 is 0.733 bits per heavy atom. The molecule has 1 amide bonds. The van der Waals surface area contributed by atoms with E-state index in [2.05, 4.69) is 0 Å². The molecule has 101 heavy (non-hydrogen) atoms. The minimum Gasteiger partial charge on any atom is -0.490 e. The number of Topliss-reactive ketones (excluding diaryl/α,β-unsaturated/α-hetero) is 2. The van der Waals surface area contributed by atoms with E-state index in [1.807, 2.05) is 86.6 Å². The third kappa shape index (κ3) is 22.0. The van der Waals surface area contributed by atoms with Gasteiger partial charge in [-0.25, -0.2) is 9.59 Å². The molecule has 0 spiro atoms. The van der Waals surface area contributed by atoms with Gasteiger partial charge in [-0.3, -0.25) is 14.4 Å². The SMILES string of the molecule is CC[C@@H]1/C=C(\C)[C@H](O)[C@H](C)C[C@H](OC)[C@H]2O[C@@](O)(C(=O)C(=O)N3CCCC[C@H]3C(=O)O[C@H](/C(C)=C/[C@@H]3CC[C@@H](O)[C@H](OC)C3)[C@H](C)[C@@H](O)CC1=O)[C@H](C)C[C@@H]2OC.CO/C1=C\C(C)=C\[C@@H](C)[C@@H](O)[C@@H](C)C/C(C)=C/C=C/[C@H](OC)[C@@H]([C@@H](C)[C@@H](O)[C@H](C)[C@@]2(O)C[C@@H](O)[C@H](C)[C@@H](C(C)C)O2)OC1=O. The van der Waals surface area contributed by atoms with E-state index in [1.165, 1.54) is 28.4 Å². The van der Waals surface area contributed by atoms with Crippen molar-refractivity contribution < 1.29 is 107 Å². The van der Waals surface area contributed by atoms with Crippen LogP contribution in [0.25, 0.3) is 0 Å². The van der Waals surface area contributed by atoms with E-state index in [4.69, 9.17) is 42.6 Å². The van der Waals surface area contributed by atoms with Crippen molar-refractivity contribution in [3.63, 3.8) is 0 Å². The van der Waals surface area contributed by atoms with Crippen molar-refractivity contribution in [1.29, 1.82) is 0 Å². The summed E-state index contributed by atoms with van der Waals surface area (Å²) in [6, 6.07) is -1.16. The number of amides is 1. The summed E-state index contributed by atoms with van der Waals surface area (Å²) in [6.45, 7) is 27.6. The smallest absolute Gasteiger partial charge is 0.373 e. The average molecular weight is 1430 g/mol. The molecule has 3 saturated heterocycles. The maximum absolute atomic E-state index is 14.3. The van der Waals surface area contributed by atoms with Gasteiger partial charge in [0.2, 0.25) is 11.5 Å². The number of allylic oxidation sites excluding steroid dienone is 7. The molecule has 2 bridgehead atoms. The molecule has 0 unspecified atom stereocenters. The van der Waals surface area contributed by atoms with Crippen LogP contribution in [0.15, 0.2) is 70.6 Å². The lowest BCUT2D eigenvalue weighted by molar-refractivity contribution is -0.328. The van der Waals surface area contributed by atoms with E-state index in [9.17, 15) is 64.8 Å². The Balaban J connectivity index is 0.000000377. The number of rotatable bonds is 13. The molecule has 0 aromatic carbocycles. The van der Waals surface area contributed by atoms with Gasteiger partial charge in [0.15, 0.2) is 5.79 Å². The number of hydrogen-bond donors (Lipinski definition) is 8. The first-order valence-corrected chi connectivity index (χ1v) is 36.8. The minimum atomic E-state index is -2.57. The number of ether oxygens (including phenoxy) is 9. The van der Waals surface area contributed by atoms with E-state index in [1.54, 1.807) is 66.9 Å². The molecule has 576 valence electrons. The van der Waals surface area contributed by atoms with E-state index in [0.717, 1.165) is 16.0 Å². The van der Waals surface area contributed by atoms with Crippen LogP contribution in [0.5, 0.6) is 0 Å². The molecule has 4 fully saturated rings. The Hall–Kier alpha value is -4.57. The van der Waals surface area contributed by atoms with Crippen LogP contribution in [0.3, 0.4) is 0 Å². The van der Waals surface area contributed by atoms with Gasteiger partial charge in [-0.1, -0.05) is 124 Å². The minimum absolute atomic E-state index is 0.00492. The van der Waals surface area contributed by atoms with Crippen LogP contribution in [-0.2, 0) is 66.6 Å². The van der Waals surface area contributed by atoms with Crippen LogP contribution in [0, 0.1) is 65.1 Å². The summed E-state index contributed by atoms with van der Waals surface area (Å²) in [5.74, 6) is -13.1. The molecule has 0 aromatic heterocycles. The highest BCUT2D eigenvalue weighted by atomic mass is 16.7. The largest absolute Gasteiger partial charge is 0.490 e. The number of aliphatic hydroxyl groups excluding tert-OH is 6. The van der Waals surface area contributed by atoms with Gasteiger partial charge in [0, 0.05) is 89.3 Å². The molecule has 23 nitrogen and oxygen atoms in total. The summed E-state index contributed by atoms with van der Waals surface area (Å²) in [5.41, 5.74) is 2.97. The van der Waals surface area contributed by atoms with Gasteiger partial charge in [-0.2, -0.15) is 0 Å². The Morgan fingerprint density at radius 3 is 1.98 bits per heavy atom. The fourth-order valence-electron chi connectivity index (χ4n) is 15.8. The normalized spacial score (nSPS) is 41.9. The summed E-state index contributed by atoms with van der Waals surface area (Å²) < 4.78 is 52.9. The van der Waals surface area contributed by atoms with Gasteiger partial charge in [0.05, 0.1) is 68.1 Å². The second-order valence-corrected chi connectivity index (χ2v) is 30.7. The van der Waals surface area contributed by atoms with Crippen molar-refractivity contribution in [2.24, 2.45) is 65.1 Å². The summed E-state index contributed by atoms with van der Waals surface area (Å²) in [5, 5.41) is 90.6. The molecule has 0 radical (unpaired) electrons. The number of nitrogens with zero attached hydrogens (tertiary/aromatic N) is 1. The van der Waals surface area contributed by atoms with Gasteiger partial charge in [0.1, 0.15) is 36.2 Å². The molecular weight excluding hydrogens is 1300 g/mol. The Bertz CT molecular complexity index is 2900. The van der Waals surface area contributed by atoms with Gasteiger partial charge in [-0.15, -0.1) is 0 Å². The molecule has 6 rings (SSSR count). The van der Waals surface area contributed by atoms with Crippen molar-refractivity contribution in [2.45, 2.75) is 284 Å². The number of esters is 2. The Labute approximate surface area is 601 Å². The summed E-state index contributed by atoms with van der Waals surface area (Å²) in [6.07, 6.45) is 5.47. The van der Waals surface area contributed by atoms with E-state index < -0.39 is 156 Å². The maximum Gasteiger partial charge on any atom is 0.373 e. The molecule has 5 aliphatic heterocycles. The van der Waals surface area contributed by atoms with Crippen LogP contribution in [-0.4, -0.2) is 220 Å². The summed E-state index contributed by atoms with van der Waals surface area (Å²) in [4.78, 5) is 71.2. The zero-order valence-corrected chi connectivity index (χ0v) is 64.0. The zero-order chi connectivity index (χ0) is 75.9. The van der Waals surface area contributed by atoms with Crippen molar-refractivity contribution in [3.8, 4) is 0 Å². The number of ketones is 2. The molecule has 5 heterocycles. The number of hydrogen-bond acceptors (Lipinski definition) is 22. The molecular formula is C78H127NO22. The first-order valence-electron chi connectivity index (χ1n) is 36.8. The quantitative estimate of drug-likeness (QED) is 0.0490. The highest BCUT2D eigenvalue weighted by Gasteiger charge is 2.57. The summed E-state index contributed by atoms with van der Waals surface area (Å²) in [7, 11) is 7.36. The third-order valence-corrected chi connectivity index (χ3v) is 22.7. The standard InChI is InChI=1S/C43H69NO13.C35H58O9/c1-10-29-18-23(2)37(48)24(3)19-35(54-8)39-36(55-9)20-26(5)43(52,57-39)40(49)41(50)44-16-12-11-13-30(44)42(51)56-38(27(6)32(46)22-33(29)47)25(4)17-28-14-15-31(45)34(21-28)53-7;1-19(2)32-24(7)27(36)18-35(40,44-32)26(9)31(38)25(8)33-28(41-10)14-12-13-20(3)15-22(5)30(37)23(6)16-21(4)17-29(42-11)34(39)43-33/h17-18,24,26-32,34-39,45-46,48,52H,10-16,19-22H2,1-9H3;12-14,16-17,19,22-28,30-33,36-38,40H,15,18H2,1-11H3/b23-18+,25-17+;14-12+,20-13+,21-16+,29-17-/t24-,26-,27-,28+,29-,30+,31-,32+,34-,35+,36+,37+,38-,39-,43-;22-,23+,24-,25-,26-,27+,28-,30-,31+,32+,33+,35+/m10/s1. The van der Waals surface area contributed by atoms with Crippen LogP contribution in [0.1, 0.15) is 181 Å². The second kappa shape index (κ2) is 39.2. The third-order valence-electron chi connectivity index (χ3n) is 22.7. The molecule has 23 heteroatoms. The van der Waals surface area contributed by atoms with Crippen molar-refractivity contribution in [1.82, 2.24) is 4.90 Å². The van der Waals surface area contributed by atoms with Gasteiger partial charge >= 0.3 is 11.9 Å². The number of fused-ring (bicyclic) bond motifs is 3. The number of carbonyl (C=O) groups is 5. The lowest BCUT2D eigenvalue weighted by atomic mass is 9.76. The lowest BCUT2D eigenvalue weighted by Gasteiger charge is -2.49. The van der Waals surface area contributed by atoms with Crippen LogP contribution in [0.4, 0.5) is 0 Å². The highest BCUT2D eigenvalue weighted by Crippen LogP contribution is 2.43. The molecule has 6 aliphatic rings. The number of methoxy groups -OCH3 is 5. The first-order chi connectivity index (χ1) is 47.4. The van der Waals surface area contributed by atoms with Crippen LogP contribution < -0.4 is 0 Å². The van der Waals surface area contributed by atoms with Gasteiger partial charge in [0.25, 0.3) is 11.7 Å². The topological polar surface area (TPSA) is 334 Å². The number of carbonyl (C=O) groups excluding carboxylic acids is 5. The molecule has 1 aliphatic carbocycles. The highest BCUT2D eigenvalue weighted by molar-refractivity contribution is 6.39.